The molecule has 1 amide bonds. The predicted molar refractivity (Wildman–Crippen MR) is 127 cm³/mol. The van der Waals surface area contributed by atoms with Gasteiger partial charge in [-0.1, -0.05) is 18.2 Å². The highest BCUT2D eigenvalue weighted by Crippen LogP contribution is 2.30. The lowest BCUT2D eigenvalue weighted by molar-refractivity contribution is -0.124. The van der Waals surface area contributed by atoms with E-state index in [0.29, 0.717) is 28.0 Å². The van der Waals surface area contributed by atoms with E-state index >= 15 is 0 Å². The topological polar surface area (TPSA) is 95.3 Å². The number of carbonyl (C=O) groups is 2. The van der Waals surface area contributed by atoms with Gasteiger partial charge in [0.1, 0.15) is 5.75 Å². The van der Waals surface area contributed by atoms with E-state index in [-0.39, 0.29) is 18.6 Å². The number of benzene rings is 2. The molecule has 0 aliphatic heterocycles. The number of aryl methyl sites for hydroxylation is 1. The van der Waals surface area contributed by atoms with E-state index in [1.807, 2.05) is 61.5 Å². The number of para-hydroxylation sites is 1. The maximum Gasteiger partial charge on any atom is 0.339 e. The average molecular weight is 457 g/mol. The number of ether oxygens (including phenoxy) is 2. The fourth-order valence-electron chi connectivity index (χ4n) is 3.81. The van der Waals surface area contributed by atoms with Crippen LogP contribution in [0.2, 0.25) is 0 Å². The lowest BCUT2D eigenvalue weighted by Gasteiger charge is -2.10. The first-order valence-corrected chi connectivity index (χ1v) is 11.1. The zero-order chi connectivity index (χ0) is 23.7. The molecule has 1 N–H and O–H groups in total. The molecule has 1 fully saturated rings. The van der Waals surface area contributed by atoms with E-state index in [4.69, 9.17) is 14.5 Å². The summed E-state index contributed by atoms with van der Waals surface area (Å²) in [4.78, 5) is 30.1. The highest BCUT2D eigenvalue weighted by atomic mass is 16.5. The zero-order valence-corrected chi connectivity index (χ0v) is 18.9. The van der Waals surface area contributed by atoms with Crippen LogP contribution in [0.3, 0.4) is 0 Å². The SMILES string of the molecule is COc1ccc(-c2cc(C(=O)OCC(=O)NC3CC3)c3c(C)nn(-c4ccccc4)c3n2)cc1. The number of amides is 1. The van der Waals surface area contributed by atoms with Crippen molar-refractivity contribution in [3.63, 3.8) is 0 Å². The van der Waals surface area contributed by atoms with Crippen molar-refractivity contribution in [2.75, 3.05) is 13.7 Å². The number of methoxy groups -OCH3 is 1. The van der Waals surface area contributed by atoms with Gasteiger partial charge in [0.2, 0.25) is 0 Å². The van der Waals surface area contributed by atoms with Crippen LogP contribution in [0, 0.1) is 6.92 Å². The molecule has 0 atom stereocenters. The molecule has 5 rings (SSSR count). The van der Waals surface area contributed by atoms with Crippen molar-refractivity contribution in [1.29, 1.82) is 0 Å². The Bertz CT molecular complexity index is 1360. The molecule has 0 saturated heterocycles. The van der Waals surface area contributed by atoms with Crippen LogP contribution in [0.25, 0.3) is 28.0 Å². The van der Waals surface area contributed by atoms with Crippen LogP contribution in [0.5, 0.6) is 5.75 Å². The maximum absolute atomic E-state index is 13.2. The van der Waals surface area contributed by atoms with Gasteiger partial charge in [-0.05, 0) is 62.2 Å². The largest absolute Gasteiger partial charge is 0.497 e. The summed E-state index contributed by atoms with van der Waals surface area (Å²) in [6, 6.07) is 18.9. The molecule has 2 aromatic heterocycles. The Morgan fingerprint density at radius 1 is 1.09 bits per heavy atom. The normalized spacial score (nSPS) is 13.0. The Hall–Kier alpha value is -4.20. The van der Waals surface area contributed by atoms with Gasteiger partial charge in [-0.25, -0.2) is 14.5 Å². The van der Waals surface area contributed by atoms with Crippen LogP contribution < -0.4 is 10.1 Å². The van der Waals surface area contributed by atoms with Crippen molar-refractivity contribution in [2.24, 2.45) is 0 Å². The highest BCUT2D eigenvalue weighted by Gasteiger charge is 2.25. The molecule has 0 unspecified atom stereocenters. The van der Waals surface area contributed by atoms with Crippen LogP contribution in [-0.4, -0.2) is 46.4 Å². The molecule has 8 heteroatoms. The number of rotatable bonds is 7. The fourth-order valence-corrected chi connectivity index (χ4v) is 3.81. The van der Waals surface area contributed by atoms with Gasteiger partial charge in [0.05, 0.1) is 35.1 Å². The van der Waals surface area contributed by atoms with E-state index in [0.717, 1.165) is 29.8 Å². The lowest BCUT2D eigenvalue weighted by atomic mass is 10.1. The predicted octanol–water partition coefficient (Wildman–Crippen LogP) is 3.84. The molecule has 1 aliphatic carbocycles. The molecule has 34 heavy (non-hydrogen) atoms. The number of fused-ring (bicyclic) bond motifs is 1. The zero-order valence-electron chi connectivity index (χ0n) is 18.9. The van der Waals surface area contributed by atoms with Gasteiger partial charge >= 0.3 is 5.97 Å². The summed E-state index contributed by atoms with van der Waals surface area (Å²) in [6.07, 6.45) is 1.93. The summed E-state index contributed by atoms with van der Waals surface area (Å²) in [5.74, 6) is -0.173. The number of hydrogen-bond acceptors (Lipinski definition) is 6. The van der Waals surface area contributed by atoms with E-state index in [9.17, 15) is 9.59 Å². The second-order valence-corrected chi connectivity index (χ2v) is 8.23. The van der Waals surface area contributed by atoms with Crippen LogP contribution in [-0.2, 0) is 9.53 Å². The van der Waals surface area contributed by atoms with Crippen molar-refractivity contribution in [2.45, 2.75) is 25.8 Å². The number of nitrogens with one attached hydrogen (secondary N) is 1. The first kappa shape index (κ1) is 21.6. The third-order valence-corrected chi connectivity index (χ3v) is 5.70. The molecular formula is C26H24N4O4. The van der Waals surface area contributed by atoms with Crippen LogP contribution >= 0.6 is 0 Å². The van der Waals surface area contributed by atoms with E-state index < -0.39 is 5.97 Å². The molecule has 1 aliphatic rings. The number of nitrogens with zero attached hydrogens (tertiary/aromatic N) is 3. The lowest BCUT2D eigenvalue weighted by Crippen LogP contribution is -2.30. The number of carbonyl (C=O) groups excluding carboxylic acids is 2. The van der Waals surface area contributed by atoms with Crippen molar-refractivity contribution >= 4 is 22.9 Å². The quantitative estimate of drug-likeness (QED) is 0.425. The average Bonchev–Trinajstić information content (AvgIpc) is 3.63. The van der Waals surface area contributed by atoms with Gasteiger partial charge in [0.25, 0.3) is 5.91 Å². The first-order valence-electron chi connectivity index (χ1n) is 11.1. The summed E-state index contributed by atoms with van der Waals surface area (Å²) >= 11 is 0. The number of aromatic nitrogens is 3. The molecule has 0 bridgehead atoms. The molecule has 2 aromatic carbocycles. The Morgan fingerprint density at radius 2 is 1.82 bits per heavy atom. The number of pyridine rings is 1. The van der Waals surface area contributed by atoms with Crippen LogP contribution in [0.4, 0.5) is 0 Å². The van der Waals surface area contributed by atoms with Crippen molar-refractivity contribution in [3.05, 3.63) is 71.9 Å². The molecule has 172 valence electrons. The maximum atomic E-state index is 13.2. The first-order chi connectivity index (χ1) is 16.5. The minimum Gasteiger partial charge on any atom is -0.497 e. The fraction of sp³-hybridized carbons (Fsp3) is 0.231. The molecule has 1 saturated carbocycles. The molecule has 0 radical (unpaired) electrons. The van der Waals surface area contributed by atoms with Gasteiger partial charge in [-0.2, -0.15) is 5.10 Å². The Balaban J connectivity index is 1.59. The number of esters is 1. The summed E-state index contributed by atoms with van der Waals surface area (Å²) in [7, 11) is 1.61. The van der Waals surface area contributed by atoms with Crippen molar-refractivity contribution in [3.8, 4) is 22.7 Å². The molecular weight excluding hydrogens is 432 g/mol. The van der Waals surface area contributed by atoms with Gasteiger partial charge in [-0.3, -0.25) is 4.79 Å². The Kier molecular flexibility index (Phi) is 5.71. The number of hydrogen-bond donors (Lipinski definition) is 1. The van der Waals surface area contributed by atoms with E-state index in [1.165, 1.54) is 0 Å². The van der Waals surface area contributed by atoms with Gasteiger partial charge in [0, 0.05) is 11.6 Å². The molecule has 2 heterocycles. The minimum absolute atomic E-state index is 0.201. The summed E-state index contributed by atoms with van der Waals surface area (Å²) in [5, 5.41) is 8.07. The minimum atomic E-state index is -0.594. The van der Waals surface area contributed by atoms with Crippen LogP contribution in [0.1, 0.15) is 28.9 Å². The third-order valence-electron chi connectivity index (χ3n) is 5.70. The Labute approximate surface area is 196 Å². The molecule has 0 spiro atoms. The van der Waals surface area contributed by atoms with E-state index in [1.54, 1.807) is 17.9 Å². The van der Waals surface area contributed by atoms with Gasteiger partial charge in [-0.15, -0.1) is 0 Å². The van der Waals surface area contributed by atoms with Crippen molar-refractivity contribution in [1.82, 2.24) is 20.1 Å². The third kappa shape index (κ3) is 4.34. The monoisotopic (exact) mass is 456 g/mol. The molecule has 4 aromatic rings. The van der Waals surface area contributed by atoms with Crippen LogP contribution in [0.15, 0.2) is 60.7 Å². The second-order valence-electron chi connectivity index (χ2n) is 8.23. The smallest absolute Gasteiger partial charge is 0.339 e. The highest BCUT2D eigenvalue weighted by molar-refractivity contribution is 6.05. The second kappa shape index (κ2) is 8.97. The summed E-state index contributed by atoms with van der Waals surface area (Å²) < 4.78 is 12.4. The van der Waals surface area contributed by atoms with E-state index in [2.05, 4.69) is 10.4 Å². The summed E-state index contributed by atoms with van der Waals surface area (Å²) in [6.45, 7) is 1.50. The Morgan fingerprint density at radius 3 is 2.50 bits per heavy atom. The van der Waals surface area contributed by atoms with Gasteiger partial charge < -0.3 is 14.8 Å². The van der Waals surface area contributed by atoms with Crippen molar-refractivity contribution < 1.29 is 19.1 Å². The summed E-state index contributed by atoms with van der Waals surface area (Å²) in [5.41, 5.74) is 3.70. The molecule has 8 nitrogen and oxygen atoms in total. The standard InChI is InChI=1S/C26H24N4O4/c1-16-24-21(26(32)34-15-23(31)27-18-10-11-18)14-22(17-8-12-20(33-2)13-9-17)28-25(24)30(29-16)19-6-4-3-5-7-19/h3-9,12-14,18H,10-11,15H2,1-2H3,(H,27,31). The van der Waals surface area contributed by atoms with Gasteiger partial charge in [0.15, 0.2) is 12.3 Å².